The molecule has 7 nitrogen and oxygen atoms in total. The highest BCUT2D eigenvalue weighted by Crippen LogP contribution is 2.29. The van der Waals surface area contributed by atoms with Crippen LogP contribution in [0, 0.1) is 12.8 Å². The molecule has 0 bridgehead atoms. The quantitative estimate of drug-likeness (QED) is 0.289. The number of aryl methyl sites for hydroxylation is 1. The van der Waals surface area contributed by atoms with Crippen LogP contribution in [0.15, 0.2) is 82.2 Å². The summed E-state index contributed by atoms with van der Waals surface area (Å²) in [6, 6.07) is 19.3. The van der Waals surface area contributed by atoms with Crippen molar-refractivity contribution in [3.63, 3.8) is 0 Å². The van der Waals surface area contributed by atoms with E-state index in [0.29, 0.717) is 22.8 Å². The van der Waals surface area contributed by atoms with Crippen molar-refractivity contribution in [2.24, 2.45) is 5.92 Å². The fraction of sp³-hybridized carbons (Fsp3) is 0.310. The smallest absolute Gasteiger partial charge is 0.264 e. The summed E-state index contributed by atoms with van der Waals surface area (Å²) in [5.41, 5.74) is 1.73. The number of hydrogen-bond donors (Lipinski definition) is 1. The molecule has 3 rings (SSSR count). The summed E-state index contributed by atoms with van der Waals surface area (Å²) in [6.45, 7) is 7.44. The molecule has 0 radical (unpaired) electrons. The van der Waals surface area contributed by atoms with Gasteiger partial charge in [-0.1, -0.05) is 71.7 Å². The van der Waals surface area contributed by atoms with Crippen molar-refractivity contribution in [2.75, 3.05) is 17.4 Å². The molecule has 2 amide bonds. The van der Waals surface area contributed by atoms with Crippen LogP contribution >= 0.6 is 27.5 Å². The van der Waals surface area contributed by atoms with E-state index in [2.05, 4.69) is 21.2 Å². The van der Waals surface area contributed by atoms with Gasteiger partial charge < -0.3 is 10.2 Å². The highest BCUT2D eigenvalue weighted by Gasteiger charge is 2.33. The first-order valence-electron chi connectivity index (χ1n) is 12.6. The summed E-state index contributed by atoms with van der Waals surface area (Å²) in [7, 11) is -4.13. The van der Waals surface area contributed by atoms with Gasteiger partial charge >= 0.3 is 0 Å². The number of nitrogens with zero attached hydrogens (tertiary/aromatic N) is 2. The number of halogens is 2. The molecule has 0 aromatic heterocycles. The topological polar surface area (TPSA) is 86.8 Å². The summed E-state index contributed by atoms with van der Waals surface area (Å²) >= 11 is 9.56. The Morgan fingerprint density at radius 1 is 0.974 bits per heavy atom. The number of hydrogen-bond acceptors (Lipinski definition) is 4. The molecule has 0 aliphatic carbocycles. The zero-order chi connectivity index (χ0) is 28.7. The van der Waals surface area contributed by atoms with Crippen molar-refractivity contribution >= 4 is 55.1 Å². The van der Waals surface area contributed by atoms with Gasteiger partial charge in [0.1, 0.15) is 12.6 Å². The Morgan fingerprint density at radius 2 is 1.62 bits per heavy atom. The fourth-order valence-corrected chi connectivity index (χ4v) is 5.94. The molecular formula is C29H33BrClN3O4S. The summed E-state index contributed by atoms with van der Waals surface area (Å²) < 4.78 is 29.7. The predicted octanol–water partition coefficient (Wildman–Crippen LogP) is 5.80. The Kier molecular flexibility index (Phi) is 10.6. The van der Waals surface area contributed by atoms with Crippen LogP contribution in [0.3, 0.4) is 0 Å². The molecule has 1 N–H and O–H groups in total. The van der Waals surface area contributed by atoms with E-state index >= 15 is 0 Å². The molecule has 0 fully saturated rings. The minimum Gasteiger partial charge on any atom is -0.354 e. The van der Waals surface area contributed by atoms with Crippen LogP contribution in [0.1, 0.15) is 31.9 Å². The van der Waals surface area contributed by atoms with Gasteiger partial charge in [-0.25, -0.2) is 8.42 Å². The van der Waals surface area contributed by atoms with Crippen molar-refractivity contribution in [1.82, 2.24) is 10.2 Å². The molecule has 3 aromatic carbocycles. The van der Waals surface area contributed by atoms with E-state index in [1.54, 1.807) is 50.2 Å². The fourth-order valence-electron chi connectivity index (χ4n) is 3.95. The predicted molar refractivity (Wildman–Crippen MR) is 159 cm³/mol. The summed E-state index contributed by atoms with van der Waals surface area (Å²) in [4.78, 5) is 28.5. The second-order valence-electron chi connectivity index (χ2n) is 9.72. The maximum Gasteiger partial charge on any atom is 0.264 e. The van der Waals surface area contributed by atoms with Crippen LogP contribution < -0.4 is 9.62 Å². The number of anilines is 1. The number of amides is 2. The number of sulfonamides is 1. The van der Waals surface area contributed by atoms with Gasteiger partial charge in [-0.3, -0.25) is 13.9 Å². The molecule has 0 unspecified atom stereocenters. The molecule has 0 saturated carbocycles. The van der Waals surface area contributed by atoms with Crippen LogP contribution in [-0.4, -0.2) is 44.3 Å². The largest absolute Gasteiger partial charge is 0.354 e. The Morgan fingerprint density at radius 3 is 2.21 bits per heavy atom. The third-order valence-electron chi connectivity index (χ3n) is 6.16. The van der Waals surface area contributed by atoms with Gasteiger partial charge in [0.15, 0.2) is 0 Å². The van der Waals surface area contributed by atoms with E-state index in [-0.39, 0.29) is 23.3 Å². The number of carbonyl (C=O) groups excluding carboxylic acids is 2. The number of rotatable bonds is 11. The van der Waals surface area contributed by atoms with Gasteiger partial charge in [-0.05, 0) is 73.4 Å². The molecule has 39 heavy (non-hydrogen) atoms. The molecule has 10 heteroatoms. The normalized spacial score (nSPS) is 12.2. The van der Waals surface area contributed by atoms with Crippen LogP contribution in [0.5, 0.6) is 0 Å². The van der Waals surface area contributed by atoms with E-state index in [1.807, 2.05) is 38.1 Å². The highest BCUT2D eigenvalue weighted by atomic mass is 79.9. The van der Waals surface area contributed by atoms with Crippen molar-refractivity contribution in [3.05, 3.63) is 93.4 Å². The van der Waals surface area contributed by atoms with E-state index < -0.39 is 28.5 Å². The average molecular weight is 635 g/mol. The zero-order valence-electron chi connectivity index (χ0n) is 22.4. The Balaban J connectivity index is 2.03. The summed E-state index contributed by atoms with van der Waals surface area (Å²) in [6.07, 6.45) is 0. The molecule has 0 aliphatic rings. The third-order valence-corrected chi connectivity index (χ3v) is 8.69. The SMILES string of the molecule is Cc1cc(Cl)ccc1N(CC(=O)N(Cc1ccc(Br)cc1)[C@@H](C)C(=O)NCC(C)C)S(=O)(=O)c1ccccc1. The first-order valence-corrected chi connectivity index (χ1v) is 15.2. The van der Waals surface area contributed by atoms with Crippen LogP contribution in [0.25, 0.3) is 0 Å². The van der Waals surface area contributed by atoms with Crippen molar-refractivity contribution in [2.45, 2.75) is 45.2 Å². The van der Waals surface area contributed by atoms with E-state index in [1.165, 1.54) is 17.0 Å². The molecule has 208 valence electrons. The van der Waals surface area contributed by atoms with Gasteiger partial charge in [0.25, 0.3) is 10.0 Å². The zero-order valence-corrected chi connectivity index (χ0v) is 25.6. The van der Waals surface area contributed by atoms with E-state index in [9.17, 15) is 18.0 Å². The maximum atomic E-state index is 13.9. The third kappa shape index (κ3) is 8.06. The van der Waals surface area contributed by atoms with Crippen molar-refractivity contribution in [3.8, 4) is 0 Å². The Bertz CT molecular complexity index is 1400. The van der Waals surface area contributed by atoms with Gasteiger partial charge in [0.05, 0.1) is 10.6 Å². The molecular weight excluding hydrogens is 602 g/mol. The number of nitrogens with one attached hydrogen (secondary N) is 1. The minimum atomic E-state index is -4.13. The Labute approximate surface area is 244 Å². The number of carbonyl (C=O) groups is 2. The van der Waals surface area contributed by atoms with Crippen LogP contribution in [0.4, 0.5) is 5.69 Å². The molecule has 0 saturated heterocycles. The summed E-state index contributed by atoms with van der Waals surface area (Å²) in [5, 5.41) is 3.33. The summed E-state index contributed by atoms with van der Waals surface area (Å²) in [5.74, 6) is -0.593. The monoisotopic (exact) mass is 633 g/mol. The van der Waals surface area contributed by atoms with Crippen LogP contribution in [-0.2, 0) is 26.2 Å². The first kappa shape index (κ1) is 30.7. The van der Waals surface area contributed by atoms with Gasteiger partial charge in [0, 0.05) is 22.6 Å². The molecule has 0 aliphatic heterocycles. The van der Waals surface area contributed by atoms with Crippen LogP contribution in [0.2, 0.25) is 5.02 Å². The number of benzene rings is 3. The van der Waals surface area contributed by atoms with Gasteiger partial charge in [0.2, 0.25) is 11.8 Å². The second kappa shape index (κ2) is 13.5. The van der Waals surface area contributed by atoms with Gasteiger partial charge in [-0.15, -0.1) is 0 Å². The highest BCUT2D eigenvalue weighted by molar-refractivity contribution is 9.10. The van der Waals surface area contributed by atoms with E-state index in [4.69, 9.17) is 11.6 Å². The van der Waals surface area contributed by atoms with Gasteiger partial charge in [-0.2, -0.15) is 0 Å². The van der Waals surface area contributed by atoms with Crippen molar-refractivity contribution < 1.29 is 18.0 Å². The lowest BCUT2D eigenvalue weighted by Gasteiger charge is -2.32. The minimum absolute atomic E-state index is 0.0503. The molecule has 3 aromatic rings. The average Bonchev–Trinajstić information content (AvgIpc) is 2.90. The molecule has 1 atom stereocenters. The lowest BCUT2D eigenvalue weighted by Crippen LogP contribution is -2.51. The second-order valence-corrected chi connectivity index (χ2v) is 12.9. The Hall–Kier alpha value is -2.88. The first-order chi connectivity index (χ1) is 18.4. The van der Waals surface area contributed by atoms with Crippen molar-refractivity contribution in [1.29, 1.82) is 0 Å². The molecule has 0 heterocycles. The lowest BCUT2D eigenvalue weighted by molar-refractivity contribution is -0.139. The lowest BCUT2D eigenvalue weighted by atomic mass is 10.1. The van der Waals surface area contributed by atoms with E-state index in [0.717, 1.165) is 14.3 Å². The maximum absolute atomic E-state index is 13.9. The standard InChI is InChI=1S/C29H33BrClN3O4S/c1-20(2)17-32-29(36)22(4)33(18-23-10-12-24(30)13-11-23)28(35)19-34(27-15-14-25(31)16-21(27)3)39(37,38)26-8-6-5-7-9-26/h5-16,20,22H,17-19H2,1-4H3,(H,32,36)/t22-/m0/s1. The molecule has 0 spiro atoms.